The van der Waals surface area contributed by atoms with E-state index in [0.29, 0.717) is 17.1 Å². The second kappa shape index (κ2) is 6.88. The van der Waals surface area contributed by atoms with Crippen LogP contribution in [-0.2, 0) is 4.74 Å². The number of aliphatic imine (C=N–C) groups is 1. The molecule has 0 aliphatic rings. The maximum Gasteiger partial charge on any atom is 0.414 e. The third-order valence-corrected chi connectivity index (χ3v) is 2.41. The third-order valence-electron chi connectivity index (χ3n) is 2.41. The van der Waals surface area contributed by atoms with Crippen molar-refractivity contribution in [1.82, 2.24) is 9.88 Å². The highest BCUT2D eigenvalue weighted by Gasteiger charge is 2.21. The highest BCUT2D eigenvalue weighted by Crippen LogP contribution is 2.14. The van der Waals surface area contributed by atoms with E-state index < -0.39 is 11.7 Å². The van der Waals surface area contributed by atoms with E-state index in [9.17, 15) is 4.79 Å². The molecule has 0 fully saturated rings. The van der Waals surface area contributed by atoms with Gasteiger partial charge >= 0.3 is 6.09 Å². The number of ether oxygens (including phenoxy) is 1. The van der Waals surface area contributed by atoms with Crippen molar-refractivity contribution in [1.29, 1.82) is 0 Å². The largest absolute Gasteiger partial charge is 0.443 e. The summed E-state index contributed by atoms with van der Waals surface area (Å²) in [5.74, 6) is 0. The number of carbonyl (C=O) groups is 1. The molecular weight excluding hydrogens is 268 g/mol. The number of pyridine rings is 1. The summed E-state index contributed by atoms with van der Waals surface area (Å²) < 4.78 is 5.31. The van der Waals surface area contributed by atoms with Crippen LogP contribution in [0.4, 0.5) is 10.5 Å². The van der Waals surface area contributed by atoms with Gasteiger partial charge < -0.3 is 10.5 Å². The molecule has 0 atom stereocenters. The summed E-state index contributed by atoms with van der Waals surface area (Å²) in [5, 5.41) is 0. The molecule has 0 unspecified atom stereocenters. The van der Waals surface area contributed by atoms with E-state index in [4.69, 9.17) is 10.5 Å². The second-order valence-electron chi connectivity index (χ2n) is 5.58. The van der Waals surface area contributed by atoms with Crippen molar-refractivity contribution in [2.45, 2.75) is 33.3 Å². The molecule has 2 N–H and O–H groups in total. The van der Waals surface area contributed by atoms with Crippen LogP contribution in [0.2, 0.25) is 0 Å². The van der Waals surface area contributed by atoms with E-state index in [1.165, 1.54) is 11.1 Å². The Hall–Kier alpha value is -2.37. The summed E-state index contributed by atoms with van der Waals surface area (Å²) in [6.07, 6.45) is 4.32. The molecule has 1 heterocycles. The molecule has 1 aromatic rings. The fraction of sp³-hybridized carbons (Fsp3) is 0.400. The molecule has 114 valence electrons. The summed E-state index contributed by atoms with van der Waals surface area (Å²) >= 11 is 0. The van der Waals surface area contributed by atoms with Gasteiger partial charge in [0.1, 0.15) is 5.60 Å². The van der Waals surface area contributed by atoms with Crippen molar-refractivity contribution in [2.24, 2.45) is 10.7 Å². The Balaban J connectivity index is 2.91. The number of hydrogen-bond acceptors (Lipinski definition) is 5. The zero-order valence-electron chi connectivity index (χ0n) is 13.1. The van der Waals surface area contributed by atoms with Crippen LogP contribution >= 0.6 is 0 Å². The molecule has 0 saturated carbocycles. The zero-order valence-corrected chi connectivity index (χ0v) is 13.1. The fourth-order valence-electron chi connectivity index (χ4n) is 1.45. The molecule has 0 radical (unpaired) electrons. The lowest BCUT2D eigenvalue weighted by Gasteiger charge is -2.25. The smallest absolute Gasteiger partial charge is 0.414 e. The minimum Gasteiger partial charge on any atom is -0.443 e. The Morgan fingerprint density at radius 3 is 2.62 bits per heavy atom. The number of hydrogen-bond donors (Lipinski definition) is 1. The number of allylic oxidation sites excluding steroid dienone is 2. The Labute approximate surface area is 125 Å². The van der Waals surface area contributed by atoms with Crippen LogP contribution in [0.25, 0.3) is 0 Å². The molecular formula is C15H22N4O2. The molecule has 21 heavy (non-hydrogen) atoms. The van der Waals surface area contributed by atoms with Gasteiger partial charge in [-0.2, -0.15) is 0 Å². The molecule has 1 aromatic heterocycles. The highest BCUT2D eigenvalue weighted by atomic mass is 16.6. The molecule has 0 saturated heterocycles. The molecule has 0 bridgehead atoms. The SMILES string of the molecule is CC(N)=C(C=Nc1cccnc1)N(C)C(=O)OC(C)(C)C. The first-order valence-electron chi connectivity index (χ1n) is 6.58. The summed E-state index contributed by atoms with van der Waals surface area (Å²) in [6.45, 7) is 7.12. The van der Waals surface area contributed by atoms with Crippen molar-refractivity contribution in [3.8, 4) is 0 Å². The van der Waals surface area contributed by atoms with Crippen molar-refractivity contribution in [2.75, 3.05) is 7.05 Å². The van der Waals surface area contributed by atoms with E-state index in [0.717, 1.165) is 0 Å². The van der Waals surface area contributed by atoms with Gasteiger partial charge in [0.05, 0.1) is 23.8 Å². The van der Waals surface area contributed by atoms with Gasteiger partial charge in [0.15, 0.2) is 0 Å². The van der Waals surface area contributed by atoms with Crippen LogP contribution in [0.1, 0.15) is 27.7 Å². The molecule has 0 aliphatic carbocycles. The number of aromatic nitrogens is 1. The maximum atomic E-state index is 12.1. The predicted octanol–water partition coefficient (Wildman–Crippen LogP) is 2.84. The van der Waals surface area contributed by atoms with Gasteiger partial charge in [-0.05, 0) is 39.8 Å². The molecule has 1 amide bonds. The van der Waals surface area contributed by atoms with Crippen LogP contribution in [0.15, 0.2) is 40.9 Å². The Bertz CT molecular complexity index is 541. The van der Waals surface area contributed by atoms with Gasteiger partial charge in [-0.1, -0.05) is 0 Å². The van der Waals surface area contributed by atoms with Gasteiger partial charge in [0, 0.05) is 18.9 Å². The monoisotopic (exact) mass is 290 g/mol. The minimum atomic E-state index is -0.570. The lowest BCUT2D eigenvalue weighted by molar-refractivity contribution is 0.0361. The van der Waals surface area contributed by atoms with Crippen molar-refractivity contribution < 1.29 is 9.53 Å². The molecule has 1 rings (SSSR count). The van der Waals surface area contributed by atoms with E-state index in [1.807, 2.05) is 0 Å². The minimum absolute atomic E-state index is 0.469. The molecule has 0 spiro atoms. The normalized spacial score (nSPS) is 13.0. The number of rotatable bonds is 3. The number of nitrogens with two attached hydrogens (primary N) is 1. The summed E-state index contributed by atoms with van der Waals surface area (Å²) in [5.41, 5.74) is 6.88. The first kappa shape index (κ1) is 16.7. The van der Waals surface area contributed by atoms with E-state index in [2.05, 4.69) is 9.98 Å². The van der Waals surface area contributed by atoms with Gasteiger partial charge in [-0.3, -0.25) is 14.9 Å². The van der Waals surface area contributed by atoms with Crippen molar-refractivity contribution >= 4 is 18.0 Å². The van der Waals surface area contributed by atoms with Crippen LogP contribution in [0.3, 0.4) is 0 Å². The molecule has 6 heteroatoms. The zero-order chi connectivity index (χ0) is 16.0. The number of amides is 1. The number of carbonyl (C=O) groups excluding carboxylic acids is 1. The standard InChI is InChI=1S/C15H22N4O2/c1-11(16)13(10-18-12-7-6-8-17-9-12)19(5)14(20)21-15(2,3)4/h6-10H,16H2,1-5H3. The topological polar surface area (TPSA) is 80.8 Å². The second-order valence-corrected chi connectivity index (χ2v) is 5.58. The predicted molar refractivity (Wildman–Crippen MR) is 83.3 cm³/mol. The first-order valence-corrected chi connectivity index (χ1v) is 6.58. The van der Waals surface area contributed by atoms with Crippen LogP contribution in [0, 0.1) is 0 Å². The van der Waals surface area contributed by atoms with Crippen LogP contribution < -0.4 is 5.73 Å². The average molecular weight is 290 g/mol. The molecule has 0 aliphatic heterocycles. The number of nitrogens with zero attached hydrogens (tertiary/aromatic N) is 3. The van der Waals surface area contributed by atoms with Crippen LogP contribution in [0.5, 0.6) is 0 Å². The van der Waals surface area contributed by atoms with Crippen molar-refractivity contribution in [3.05, 3.63) is 35.9 Å². The molecule has 6 nitrogen and oxygen atoms in total. The summed E-state index contributed by atoms with van der Waals surface area (Å²) in [7, 11) is 1.59. The van der Waals surface area contributed by atoms with E-state index >= 15 is 0 Å². The van der Waals surface area contributed by atoms with Crippen molar-refractivity contribution in [3.63, 3.8) is 0 Å². The summed E-state index contributed by atoms with van der Waals surface area (Å²) in [4.78, 5) is 21.6. The Morgan fingerprint density at radius 1 is 1.48 bits per heavy atom. The fourth-order valence-corrected chi connectivity index (χ4v) is 1.45. The first-order chi connectivity index (χ1) is 9.70. The Morgan fingerprint density at radius 2 is 2.14 bits per heavy atom. The molecule has 0 aromatic carbocycles. The third kappa shape index (κ3) is 5.64. The van der Waals surface area contributed by atoms with E-state index in [-0.39, 0.29) is 0 Å². The van der Waals surface area contributed by atoms with Crippen LogP contribution in [-0.4, -0.2) is 34.8 Å². The van der Waals surface area contributed by atoms with E-state index in [1.54, 1.807) is 59.3 Å². The van der Waals surface area contributed by atoms with Gasteiger partial charge in [0.25, 0.3) is 0 Å². The van der Waals surface area contributed by atoms with Gasteiger partial charge in [-0.15, -0.1) is 0 Å². The lowest BCUT2D eigenvalue weighted by atomic mass is 10.2. The summed E-state index contributed by atoms with van der Waals surface area (Å²) in [6, 6.07) is 3.59. The quantitative estimate of drug-likeness (QED) is 0.868. The lowest BCUT2D eigenvalue weighted by Crippen LogP contribution is -2.35. The maximum absolute atomic E-state index is 12.1. The average Bonchev–Trinajstić information content (AvgIpc) is 2.37. The Kier molecular flexibility index (Phi) is 5.46. The highest BCUT2D eigenvalue weighted by molar-refractivity contribution is 5.87. The van der Waals surface area contributed by atoms with Gasteiger partial charge in [-0.25, -0.2) is 4.79 Å². The van der Waals surface area contributed by atoms with Gasteiger partial charge in [0.2, 0.25) is 0 Å².